The number of halogens is 1. The summed E-state index contributed by atoms with van der Waals surface area (Å²) in [4.78, 5) is 20.6. The number of amidine groups is 1. The van der Waals surface area contributed by atoms with E-state index in [-0.39, 0.29) is 18.3 Å². The van der Waals surface area contributed by atoms with Gasteiger partial charge in [0.05, 0.1) is 23.4 Å². The van der Waals surface area contributed by atoms with Gasteiger partial charge in [-0.1, -0.05) is 53.6 Å². The molecule has 4 aromatic rings. The number of carbonyl (C=O) groups is 1. The first-order valence-electron chi connectivity index (χ1n) is 12.4. The van der Waals surface area contributed by atoms with Crippen molar-refractivity contribution < 1.29 is 18.7 Å². The third kappa shape index (κ3) is 6.21. The number of amides is 1. The van der Waals surface area contributed by atoms with Gasteiger partial charge in [0.1, 0.15) is 12.4 Å². The Bertz CT molecular complexity index is 1550. The van der Waals surface area contributed by atoms with Crippen LogP contribution < -0.4 is 14.4 Å². The maximum Gasteiger partial charge on any atom is 0.271 e. The van der Waals surface area contributed by atoms with Crippen molar-refractivity contribution in [3.05, 3.63) is 124 Å². The minimum atomic E-state index is -0.291. The summed E-state index contributed by atoms with van der Waals surface area (Å²) in [6, 6.07) is 27.4. The molecule has 7 heteroatoms. The fourth-order valence-electron chi connectivity index (χ4n) is 3.99. The Balaban J connectivity index is 1.43. The number of hydrogen-bond acceptors (Lipinski definition) is 5. The fourth-order valence-corrected chi connectivity index (χ4v) is 4.99. The number of methoxy groups -OCH3 is 1. The second-order valence-corrected chi connectivity index (χ2v) is 10.2. The smallest absolute Gasteiger partial charge is 0.271 e. The molecule has 1 heterocycles. The molecule has 1 aliphatic rings. The summed E-state index contributed by atoms with van der Waals surface area (Å²) >= 11 is 1.33. The van der Waals surface area contributed by atoms with Crippen LogP contribution in [0.3, 0.4) is 0 Å². The molecule has 5 rings (SSSR count). The summed E-state index contributed by atoms with van der Waals surface area (Å²) in [5.41, 5.74) is 5.42. The molecule has 0 atom stereocenters. The van der Waals surface area contributed by atoms with Crippen molar-refractivity contribution in [2.24, 2.45) is 4.99 Å². The molecule has 1 amide bonds. The summed E-state index contributed by atoms with van der Waals surface area (Å²) < 4.78 is 24.7. The molecule has 196 valence electrons. The molecule has 0 unspecified atom stereocenters. The Labute approximate surface area is 231 Å². The molecular weight excluding hydrogens is 511 g/mol. The summed E-state index contributed by atoms with van der Waals surface area (Å²) in [5.74, 6) is 0.648. The number of rotatable bonds is 7. The summed E-state index contributed by atoms with van der Waals surface area (Å²) in [6.45, 7) is 4.31. The predicted molar refractivity (Wildman–Crippen MR) is 156 cm³/mol. The number of anilines is 1. The largest absolute Gasteiger partial charge is 0.493 e. The topological polar surface area (TPSA) is 51.1 Å². The van der Waals surface area contributed by atoms with Crippen LogP contribution in [0.25, 0.3) is 6.08 Å². The minimum absolute atomic E-state index is 0.148. The first kappa shape index (κ1) is 26.3. The first-order chi connectivity index (χ1) is 18.9. The zero-order valence-corrected chi connectivity index (χ0v) is 22.7. The molecule has 0 saturated carbocycles. The molecule has 1 aliphatic heterocycles. The molecule has 4 aromatic carbocycles. The van der Waals surface area contributed by atoms with E-state index in [0.29, 0.717) is 21.6 Å². The zero-order valence-electron chi connectivity index (χ0n) is 21.9. The molecule has 5 nitrogen and oxygen atoms in total. The summed E-state index contributed by atoms with van der Waals surface area (Å²) in [5, 5.41) is 0.588. The van der Waals surface area contributed by atoms with Crippen LogP contribution in [0.4, 0.5) is 15.8 Å². The van der Waals surface area contributed by atoms with Gasteiger partial charge >= 0.3 is 0 Å². The summed E-state index contributed by atoms with van der Waals surface area (Å²) in [7, 11) is 1.57. The van der Waals surface area contributed by atoms with Crippen LogP contribution in [0.5, 0.6) is 11.5 Å². The highest BCUT2D eigenvalue weighted by Gasteiger charge is 2.34. The summed E-state index contributed by atoms with van der Waals surface area (Å²) in [6.07, 6.45) is 1.83. The molecule has 1 saturated heterocycles. The SMILES string of the molecule is COc1cc(/C=C2/SC(=Nc3ccc(C)cc3)N(c3ccc(C)cc3)C2=O)ccc1OCc1ccc(F)cc1. The highest BCUT2D eigenvalue weighted by Crippen LogP contribution is 2.38. The Morgan fingerprint density at radius 3 is 2.21 bits per heavy atom. The third-order valence-electron chi connectivity index (χ3n) is 6.15. The third-order valence-corrected chi connectivity index (χ3v) is 7.12. The number of benzene rings is 4. The van der Waals surface area contributed by atoms with E-state index in [1.807, 2.05) is 80.6 Å². The quantitative estimate of drug-likeness (QED) is 0.225. The van der Waals surface area contributed by atoms with Gasteiger partial charge in [0, 0.05) is 0 Å². The molecule has 0 aromatic heterocycles. The second-order valence-electron chi connectivity index (χ2n) is 9.14. The Morgan fingerprint density at radius 2 is 1.54 bits per heavy atom. The van der Waals surface area contributed by atoms with E-state index >= 15 is 0 Å². The van der Waals surface area contributed by atoms with E-state index in [9.17, 15) is 9.18 Å². The zero-order chi connectivity index (χ0) is 27.4. The number of carbonyl (C=O) groups excluding carboxylic acids is 1. The van der Waals surface area contributed by atoms with Crippen molar-refractivity contribution in [2.75, 3.05) is 12.0 Å². The van der Waals surface area contributed by atoms with Crippen LogP contribution in [-0.4, -0.2) is 18.2 Å². The highest BCUT2D eigenvalue weighted by molar-refractivity contribution is 8.19. The van der Waals surface area contributed by atoms with Gasteiger partial charge in [-0.05, 0) is 91.3 Å². The number of nitrogens with zero attached hydrogens (tertiary/aromatic N) is 2. The van der Waals surface area contributed by atoms with Crippen molar-refractivity contribution >= 4 is 40.3 Å². The molecule has 0 N–H and O–H groups in total. The van der Waals surface area contributed by atoms with E-state index in [0.717, 1.165) is 33.6 Å². The lowest BCUT2D eigenvalue weighted by Gasteiger charge is -2.16. The van der Waals surface area contributed by atoms with Crippen LogP contribution in [0.1, 0.15) is 22.3 Å². The Kier molecular flexibility index (Phi) is 7.79. The van der Waals surface area contributed by atoms with Crippen molar-refractivity contribution in [2.45, 2.75) is 20.5 Å². The van der Waals surface area contributed by atoms with Crippen LogP contribution in [0, 0.1) is 19.7 Å². The molecular formula is C32H27FN2O3S. The normalized spacial score (nSPS) is 15.3. The van der Waals surface area contributed by atoms with E-state index in [1.165, 1.54) is 23.9 Å². The lowest BCUT2D eigenvalue weighted by molar-refractivity contribution is -0.113. The highest BCUT2D eigenvalue weighted by atomic mass is 32.2. The Hall–Kier alpha value is -4.36. The van der Waals surface area contributed by atoms with Crippen LogP contribution in [0.15, 0.2) is 101 Å². The van der Waals surface area contributed by atoms with Gasteiger partial charge in [-0.15, -0.1) is 0 Å². The number of ether oxygens (including phenoxy) is 2. The average Bonchev–Trinajstić information content (AvgIpc) is 3.24. The minimum Gasteiger partial charge on any atom is -0.493 e. The van der Waals surface area contributed by atoms with E-state index < -0.39 is 0 Å². The van der Waals surface area contributed by atoms with Crippen molar-refractivity contribution in [1.82, 2.24) is 0 Å². The first-order valence-corrected chi connectivity index (χ1v) is 13.2. The number of aliphatic imine (C=N–C) groups is 1. The van der Waals surface area contributed by atoms with Crippen LogP contribution in [-0.2, 0) is 11.4 Å². The van der Waals surface area contributed by atoms with Gasteiger partial charge in [0.2, 0.25) is 0 Å². The van der Waals surface area contributed by atoms with Crippen molar-refractivity contribution in [1.29, 1.82) is 0 Å². The van der Waals surface area contributed by atoms with Gasteiger partial charge in [0.25, 0.3) is 5.91 Å². The lowest BCUT2D eigenvalue weighted by Crippen LogP contribution is -2.28. The Morgan fingerprint density at radius 1 is 0.872 bits per heavy atom. The number of aryl methyl sites for hydroxylation is 2. The molecule has 0 aliphatic carbocycles. The van der Waals surface area contributed by atoms with E-state index in [1.54, 1.807) is 30.2 Å². The van der Waals surface area contributed by atoms with E-state index in [4.69, 9.17) is 14.5 Å². The molecule has 0 bridgehead atoms. The van der Waals surface area contributed by atoms with Crippen molar-refractivity contribution in [3.63, 3.8) is 0 Å². The van der Waals surface area contributed by atoms with Gasteiger partial charge < -0.3 is 9.47 Å². The maximum absolute atomic E-state index is 13.6. The molecule has 39 heavy (non-hydrogen) atoms. The van der Waals surface area contributed by atoms with Gasteiger partial charge in [0.15, 0.2) is 16.7 Å². The lowest BCUT2D eigenvalue weighted by atomic mass is 10.1. The fraction of sp³-hybridized carbons (Fsp3) is 0.125. The monoisotopic (exact) mass is 538 g/mol. The van der Waals surface area contributed by atoms with Gasteiger partial charge in [-0.3, -0.25) is 9.69 Å². The predicted octanol–water partition coefficient (Wildman–Crippen LogP) is 7.84. The van der Waals surface area contributed by atoms with Crippen LogP contribution in [0.2, 0.25) is 0 Å². The van der Waals surface area contributed by atoms with Crippen LogP contribution >= 0.6 is 11.8 Å². The van der Waals surface area contributed by atoms with Gasteiger partial charge in [-0.25, -0.2) is 9.38 Å². The average molecular weight is 539 g/mol. The maximum atomic E-state index is 13.6. The second kappa shape index (κ2) is 11.6. The number of hydrogen-bond donors (Lipinski definition) is 0. The molecule has 1 fully saturated rings. The van der Waals surface area contributed by atoms with Crippen molar-refractivity contribution in [3.8, 4) is 11.5 Å². The van der Waals surface area contributed by atoms with Gasteiger partial charge in [-0.2, -0.15) is 0 Å². The molecule has 0 radical (unpaired) electrons. The standard InChI is InChI=1S/C32H27FN2O3S/c1-21-4-13-26(14-5-21)34-32-35(27-15-6-22(2)7-16-27)31(36)30(39-32)19-24-10-17-28(29(18-24)37-3)38-20-23-8-11-25(33)12-9-23/h4-19H,20H2,1-3H3/b30-19+,34-32?. The molecule has 0 spiro atoms. The van der Waals surface area contributed by atoms with E-state index in [2.05, 4.69) is 0 Å². The number of thioether (sulfide) groups is 1.